The summed E-state index contributed by atoms with van der Waals surface area (Å²) in [7, 11) is 0. The average molecular weight is 265 g/mol. The van der Waals surface area contributed by atoms with E-state index >= 15 is 0 Å². The van der Waals surface area contributed by atoms with Crippen molar-refractivity contribution in [2.75, 3.05) is 0 Å². The number of aliphatic hydroxyl groups is 1. The Bertz CT molecular complexity index is 414. The average Bonchev–Trinajstić information content (AvgIpc) is 2.70. The molecule has 0 fully saturated rings. The fourth-order valence-corrected chi connectivity index (χ4v) is 1.43. The molecule has 0 saturated carbocycles. The van der Waals surface area contributed by atoms with E-state index in [0.717, 1.165) is 0 Å². The summed E-state index contributed by atoms with van der Waals surface area (Å²) in [6.45, 7) is 3.05. The second-order valence-electron chi connectivity index (χ2n) is 3.88. The zero-order valence-corrected chi connectivity index (χ0v) is 9.91. The zero-order chi connectivity index (χ0) is 13.9. The highest BCUT2D eigenvalue weighted by molar-refractivity contribution is 5.91. The number of hydrogen-bond donors (Lipinski definition) is 2. The lowest BCUT2D eigenvalue weighted by Gasteiger charge is -2.24. The van der Waals surface area contributed by atoms with Gasteiger partial charge in [0, 0.05) is 0 Å². The molecule has 1 aromatic heterocycles. The maximum Gasteiger partial charge on any atom is 0.416 e. The van der Waals surface area contributed by atoms with E-state index in [1.54, 1.807) is 6.92 Å². The number of aryl methyl sites for hydroxylation is 1. The molecule has 1 aromatic rings. The lowest BCUT2D eigenvalue weighted by Crippen LogP contribution is -2.49. The van der Waals surface area contributed by atoms with Crippen molar-refractivity contribution >= 4 is 5.91 Å². The molecule has 18 heavy (non-hydrogen) atoms. The Kier molecular flexibility index (Phi) is 4.39. The lowest BCUT2D eigenvalue weighted by molar-refractivity contribution is -0.211. The van der Waals surface area contributed by atoms with Crippen molar-refractivity contribution in [3.8, 4) is 0 Å². The molecular weight excluding hydrogens is 251 g/mol. The van der Waals surface area contributed by atoms with Gasteiger partial charge in [0.25, 0.3) is 5.91 Å². The molecule has 0 aliphatic rings. The van der Waals surface area contributed by atoms with E-state index in [1.807, 2.05) is 0 Å². The van der Waals surface area contributed by atoms with E-state index in [4.69, 9.17) is 9.52 Å². The van der Waals surface area contributed by atoms with Gasteiger partial charge in [-0.25, -0.2) is 0 Å². The standard InChI is InChI=1S/C11H14F3NO3/c1-3-7(9(16)11(12,13)14)15-10(17)8-5-4-6(2)18-8/h4-5,7,9,16H,3H2,1-2H3,(H,15,17). The molecule has 1 heterocycles. The third kappa shape index (κ3) is 3.49. The topological polar surface area (TPSA) is 62.5 Å². The Labute approximate surface area is 102 Å². The molecule has 0 saturated heterocycles. The smallest absolute Gasteiger partial charge is 0.416 e. The van der Waals surface area contributed by atoms with Crippen LogP contribution in [0.1, 0.15) is 29.7 Å². The van der Waals surface area contributed by atoms with Crippen LogP contribution in [-0.4, -0.2) is 29.3 Å². The summed E-state index contributed by atoms with van der Waals surface area (Å²) in [5.41, 5.74) is 0. The molecule has 2 atom stereocenters. The fraction of sp³-hybridized carbons (Fsp3) is 0.545. The molecule has 0 radical (unpaired) electrons. The van der Waals surface area contributed by atoms with Crippen LogP contribution in [0.4, 0.5) is 13.2 Å². The Morgan fingerprint density at radius 3 is 2.50 bits per heavy atom. The Balaban J connectivity index is 2.72. The molecule has 0 aliphatic carbocycles. The van der Waals surface area contributed by atoms with Crippen molar-refractivity contribution in [2.45, 2.75) is 38.6 Å². The first-order valence-electron chi connectivity index (χ1n) is 5.37. The van der Waals surface area contributed by atoms with Crippen molar-refractivity contribution in [2.24, 2.45) is 0 Å². The summed E-state index contributed by atoms with van der Waals surface area (Å²) < 4.78 is 41.9. The minimum Gasteiger partial charge on any atom is -0.456 e. The number of carbonyl (C=O) groups is 1. The molecular formula is C11H14F3NO3. The van der Waals surface area contributed by atoms with Crippen LogP contribution in [0.25, 0.3) is 0 Å². The third-order valence-electron chi connectivity index (χ3n) is 2.44. The van der Waals surface area contributed by atoms with Gasteiger partial charge in [-0.05, 0) is 25.5 Å². The lowest BCUT2D eigenvalue weighted by atomic mass is 10.1. The van der Waals surface area contributed by atoms with Gasteiger partial charge in [-0.1, -0.05) is 6.92 Å². The second kappa shape index (κ2) is 5.43. The highest BCUT2D eigenvalue weighted by Crippen LogP contribution is 2.23. The monoisotopic (exact) mass is 265 g/mol. The largest absolute Gasteiger partial charge is 0.456 e. The molecule has 1 rings (SSSR count). The van der Waals surface area contributed by atoms with Gasteiger partial charge in [0.05, 0.1) is 6.04 Å². The number of halogens is 3. The van der Waals surface area contributed by atoms with Crippen molar-refractivity contribution in [1.29, 1.82) is 0 Å². The Morgan fingerprint density at radius 1 is 1.50 bits per heavy atom. The molecule has 0 bridgehead atoms. The van der Waals surface area contributed by atoms with Crippen molar-refractivity contribution < 1.29 is 27.5 Å². The SMILES string of the molecule is CCC(NC(=O)c1ccc(C)o1)C(O)C(F)(F)F. The number of aliphatic hydroxyl groups excluding tert-OH is 1. The number of alkyl halides is 3. The van der Waals surface area contributed by atoms with E-state index in [9.17, 15) is 18.0 Å². The van der Waals surface area contributed by atoms with E-state index in [2.05, 4.69) is 5.32 Å². The van der Waals surface area contributed by atoms with Crippen LogP contribution in [-0.2, 0) is 0 Å². The highest BCUT2D eigenvalue weighted by atomic mass is 19.4. The van der Waals surface area contributed by atoms with Crippen LogP contribution in [0.2, 0.25) is 0 Å². The quantitative estimate of drug-likeness (QED) is 0.875. The van der Waals surface area contributed by atoms with E-state index in [-0.39, 0.29) is 12.2 Å². The number of hydrogen-bond acceptors (Lipinski definition) is 3. The summed E-state index contributed by atoms with van der Waals surface area (Å²) in [5.74, 6) is -0.386. The number of carbonyl (C=O) groups excluding carboxylic acids is 1. The summed E-state index contributed by atoms with van der Waals surface area (Å²) >= 11 is 0. The molecule has 4 nitrogen and oxygen atoms in total. The van der Waals surface area contributed by atoms with Crippen molar-refractivity contribution in [1.82, 2.24) is 5.32 Å². The zero-order valence-electron chi connectivity index (χ0n) is 9.91. The molecule has 102 valence electrons. The van der Waals surface area contributed by atoms with Gasteiger partial charge in [-0.3, -0.25) is 4.79 Å². The number of nitrogens with one attached hydrogen (secondary N) is 1. The summed E-state index contributed by atoms with van der Waals surface area (Å²) in [5, 5.41) is 11.2. The maximum atomic E-state index is 12.3. The van der Waals surface area contributed by atoms with Gasteiger partial charge >= 0.3 is 6.18 Å². The van der Waals surface area contributed by atoms with Gasteiger partial charge in [-0.15, -0.1) is 0 Å². The normalized spacial score (nSPS) is 15.2. The number of furan rings is 1. The van der Waals surface area contributed by atoms with E-state index < -0.39 is 24.2 Å². The molecule has 7 heteroatoms. The predicted octanol–water partition coefficient (Wildman–Crippen LogP) is 2.02. The van der Waals surface area contributed by atoms with Crippen molar-refractivity contribution in [3.05, 3.63) is 23.7 Å². The maximum absolute atomic E-state index is 12.3. The third-order valence-corrected chi connectivity index (χ3v) is 2.44. The van der Waals surface area contributed by atoms with Crippen LogP contribution >= 0.6 is 0 Å². The summed E-state index contributed by atoms with van der Waals surface area (Å²) in [6.07, 6.45) is -7.42. The first-order valence-corrected chi connectivity index (χ1v) is 5.37. The van der Waals surface area contributed by atoms with Crippen molar-refractivity contribution in [3.63, 3.8) is 0 Å². The summed E-state index contributed by atoms with van der Waals surface area (Å²) in [4.78, 5) is 11.6. The Hall–Kier alpha value is -1.50. The molecule has 0 spiro atoms. The molecule has 1 amide bonds. The van der Waals surface area contributed by atoms with Gasteiger partial charge in [-0.2, -0.15) is 13.2 Å². The summed E-state index contributed by atoms with van der Waals surface area (Å²) in [6, 6.07) is 1.48. The predicted molar refractivity (Wildman–Crippen MR) is 57.1 cm³/mol. The molecule has 0 aliphatic heterocycles. The number of rotatable bonds is 4. The van der Waals surface area contributed by atoms with Crippen LogP contribution in [0.3, 0.4) is 0 Å². The Morgan fingerprint density at radius 2 is 2.11 bits per heavy atom. The van der Waals surface area contributed by atoms with Crippen LogP contribution in [0, 0.1) is 6.92 Å². The first kappa shape index (κ1) is 14.6. The number of amides is 1. The van der Waals surface area contributed by atoms with Crippen LogP contribution in [0.15, 0.2) is 16.5 Å². The van der Waals surface area contributed by atoms with E-state index in [1.165, 1.54) is 19.1 Å². The molecule has 0 aromatic carbocycles. The minimum atomic E-state index is -4.77. The molecule has 2 N–H and O–H groups in total. The van der Waals surface area contributed by atoms with Crippen LogP contribution < -0.4 is 5.32 Å². The van der Waals surface area contributed by atoms with E-state index in [0.29, 0.717) is 5.76 Å². The van der Waals surface area contributed by atoms with Gasteiger partial charge in [0.1, 0.15) is 5.76 Å². The van der Waals surface area contributed by atoms with Gasteiger partial charge in [0.15, 0.2) is 11.9 Å². The minimum absolute atomic E-state index is 0.0495. The van der Waals surface area contributed by atoms with Gasteiger partial charge < -0.3 is 14.8 Å². The fourth-order valence-electron chi connectivity index (χ4n) is 1.43. The highest BCUT2D eigenvalue weighted by Gasteiger charge is 2.43. The first-order chi connectivity index (χ1) is 8.25. The second-order valence-corrected chi connectivity index (χ2v) is 3.88. The molecule has 2 unspecified atom stereocenters. The van der Waals surface area contributed by atoms with Crippen LogP contribution in [0.5, 0.6) is 0 Å². The van der Waals surface area contributed by atoms with Gasteiger partial charge in [0.2, 0.25) is 0 Å².